The number of nitrogens with zero attached hydrogens (tertiary/aromatic N) is 1. The summed E-state index contributed by atoms with van der Waals surface area (Å²) < 4.78 is 0. The second-order valence-electron chi connectivity index (χ2n) is 7.02. The van der Waals surface area contributed by atoms with Crippen molar-refractivity contribution in [2.75, 3.05) is 13.6 Å². The van der Waals surface area contributed by atoms with Gasteiger partial charge in [0.05, 0.1) is 0 Å². The Hall–Kier alpha value is -0.530. The Morgan fingerprint density at radius 1 is 1.05 bits per heavy atom. The molecular formula is C17H31NO. The van der Waals surface area contributed by atoms with Crippen molar-refractivity contribution in [2.45, 2.75) is 71.1 Å². The topological polar surface area (TPSA) is 20.3 Å². The first-order chi connectivity index (χ1) is 9.16. The summed E-state index contributed by atoms with van der Waals surface area (Å²) in [6, 6.07) is 0. The molecule has 19 heavy (non-hydrogen) atoms. The minimum atomic E-state index is 0.320. The molecule has 1 amide bonds. The first kappa shape index (κ1) is 14.9. The van der Waals surface area contributed by atoms with Gasteiger partial charge in [0.2, 0.25) is 5.91 Å². The number of hydrogen-bond acceptors (Lipinski definition) is 1. The predicted octanol–water partition coefficient (Wildman–Crippen LogP) is 4.24. The molecule has 0 bridgehead atoms. The Morgan fingerprint density at radius 3 is 2.47 bits per heavy atom. The SMILES string of the molecule is C[C@@H]1CCC[C@@H](C(=O)N(C)CCC2CCCCC2)C1. The Morgan fingerprint density at radius 2 is 1.79 bits per heavy atom. The zero-order valence-electron chi connectivity index (χ0n) is 12.9. The Bertz CT molecular complexity index is 283. The van der Waals surface area contributed by atoms with Gasteiger partial charge in [0.25, 0.3) is 0 Å². The highest BCUT2D eigenvalue weighted by molar-refractivity contribution is 5.78. The number of carbonyl (C=O) groups excluding carboxylic acids is 1. The molecule has 2 saturated carbocycles. The van der Waals surface area contributed by atoms with Crippen LogP contribution in [0.25, 0.3) is 0 Å². The molecule has 0 N–H and O–H groups in total. The average Bonchev–Trinajstić information content (AvgIpc) is 2.45. The maximum atomic E-state index is 12.4. The molecule has 2 atom stereocenters. The van der Waals surface area contributed by atoms with Crippen molar-refractivity contribution in [3.63, 3.8) is 0 Å². The van der Waals surface area contributed by atoms with E-state index in [4.69, 9.17) is 0 Å². The van der Waals surface area contributed by atoms with Crippen LogP contribution >= 0.6 is 0 Å². The lowest BCUT2D eigenvalue weighted by Gasteiger charge is -2.30. The van der Waals surface area contributed by atoms with Crippen molar-refractivity contribution in [2.24, 2.45) is 17.8 Å². The van der Waals surface area contributed by atoms with Crippen molar-refractivity contribution in [1.82, 2.24) is 4.90 Å². The minimum absolute atomic E-state index is 0.320. The van der Waals surface area contributed by atoms with Gasteiger partial charge in [0, 0.05) is 19.5 Å². The van der Waals surface area contributed by atoms with E-state index in [1.807, 2.05) is 11.9 Å². The monoisotopic (exact) mass is 265 g/mol. The predicted molar refractivity (Wildman–Crippen MR) is 80.0 cm³/mol. The van der Waals surface area contributed by atoms with Gasteiger partial charge in [0.15, 0.2) is 0 Å². The maximum Gasteiger partial charge on any atom is 0.225 e. The van der Waals surface area contributed by atoms with Crippen LogP contribution in [0.1, 0.15) is 71.1 Å². The van der Waals surface area contributed by atoms with Gasteiger partial charge in [-0.2, -0.15) is 0 Å². The Balaban J connectivity index is 1.72. The second kappa shape index (κ2) is 7.31. The summed E-state index contributed by atoms with van der Waals surface area (Å²) in [6.07, 6.45) is 13.0. The highest BCUT2D eigenvalue weighted by Crippen LogP contribution is 2.30. The first-order valence-corrected chi connectivity index (χ1v) is 8.41. The van der Waals surface area contributed by atoms with Gasteiger partial charge in [0.1, 0.15) is 0 Å². The highest BCUT2D eigenvalue weighted by atomic mass is 16.2. The highest BCUT2D eigenvalue weighted by Gasteiger charge is 2.27. The molecule has 0 aromatic rings. The summed E-state index contributed by atoms with van der Waals surface area (Å²) in [5.74, 6) is 2.37. The van der Waals surface area contributed by atoms with Crippen LogP contribution in [0.2, 0.25) is 0 Å². The maximum absolute atomic E-state index is 12.4. The van der Waals surface area contributed by atoms with Crippen molar-refractivity contribution in [3.8, 4) is 0 Å². The number of carbonyl (C=O) groups is 1. The van der Waals surface area contributed by atoms with E-state index in [1.165, 1.54) is 51.4 Å². The smallest absolute Gasteiger partial charge is 0.225 e. The molecule has 0 unspecified atom stereocenters. The fraction of sp³-hybridized carbons (Fsp3) is 0.941. The van der Waals surface area contributed by atoms with Crippen LogP contribution in [-0.4, -0.2) is 24.4 Å². The zero-order valence-corrected chi connectivity index (χ0v) is 12.9. The number of hydrogen-bond donors (Lipinski definition) is 0. The second-order valence-corrected chi connectivity index (χ2v) is 7.02. The molecule has 0 spiro atoms. The van der Waals surface area contributed by atoms with E-state index in [0.717, 1.165) is 31.2 Å². The molecule has 0 saturated heterocycles. The molecule has 2 aliphatic carbocycles. The van der Waals surface area contributed by atoms with Crippen molar-refractivity contribution in [1.29, 1.82) is 0 Å². The molecule has 2 rings (SSSR count). The number of rotatable bonds is 4. The van der Waals surface area contributed by atoms with Crippen LogP contribution < -0.4 is 0 Å². The largest absolute Gasteiger partial charge is 0.346 e. The van der Waals surface area contributed by atoms with Gasteiger partial charge in [-0.05, 0) is 31.1 Å². The van der Waals surface area contributed by atoms with Crippen LogP contribution in [0.15, 0.2) is 0 Å². The van der Waals surface area contributed by atoms with E-state index in [2.05, 4.69) is 6.92 Å². The molecule has 0 heterocycles. The molecule has 110 valence electrons. The summed E-state index contributed by atoms with van der Waals surface area (Å²) in [6.45, 7) is 3.27. The summed E-state index contributed by atoms with van der Waals surface area (Å²) in [7, 11) is 2.02. The molecule has 0 aromatic heterocycles. The summed E-state index contributed by atoms with van der Waals surface area (Å²) in [5, 5.41) is 0. The van der Waals surface area contributed by atoms with E-state index >= 15 is 0 Å². The average molecular weight is 265 g/mol. The van der Waals surface area contributed by atoms with E-state index in [1.54, 1.807) is 0 Å². The van der Waals surface area contributed by atoms with Crippen LogP contribution in [0.5, 0.6) is 0 Å². The third-order valence-electron chi connectivity index (χ3n) is 5.26. The molecular weight excluding hydrogens is 234 g/mol. The molecule has 0 radical (unpaired) electrons. The quantitative estimate of drug-likeness (QED) is 0.744. The molecule has 2 heteroatoms. The fourth-order valence-electron chi connectivity index (χ4n) is 3.93. The normalized spacial score (nSPS) is 29.2. The van der Waals surface area contributed by atoms with E-state index < -0.39 is 0 Å². The van der Waals surface area contributed by atoms with Gasteiger partial charge in [-0.25, -0.2) is 0 Å². The third kappa shape index (κ3) is 4.50. The van der Waals surface area contributed by atoms with Gasteiger partial charge < -0.3 is 4.90 Å². The van der Waals surface area contributed by atoms with Crippen LogP contribution in [-0.2, 0) is 4.79 Å². The number of amides is 1. The van der Waals surface area contributed by atoms with Gasteiger partial charge in [-0.3, -0.25) is 4.79 Å². The summed E-state index contributed by atoms with van der Waals surface area (Å²) >= 11 is 0. The molecule has 2 fully saturated rings. The first-order valence-electron chi connectivity index (χ1n) is 8.41. The van der Waals surface area contributed by atoms with Gasteiger partial charge >= 0.3 is 0 Å². The standard InChI is InChI=1S/C17H31NO/c1-14-7-6-10-16(13-14)17(19)18(2)12-11-15-8-4-3-5-9-15/h14-16H,3-13H2,1-2H3/t14-,16-/m1/s1. The minimum Gasteiger partial charge on any atom is -0.346 e. The van der Waals surface area contributed by atoms with Crippen LogP contribution in [0, 0.1) is 17.8 Å². The van der Waals surface area contributed by atoms with Crippen LogP contribution in [0.4, 0.5) is 0 Å². The van der Waals surface area contributed by atoms with Gasteiger partial charge in [-0.1, -0.05) is 51.9 Å². The zero-order chi connectivity index (χ0) is 13.7. The van der Waals surface area contributed by atoms with Crippen molar-refractivity contribution < 1.29 is 4.79 Å². The Kier molecular flexibility index (Phi) is 5.72. The lowest BCUT2D eigenvalue weighted by molar-refractivity contribution is -0.135. The van der Waals surface area contributed by atoms with E-state index in [-0.39, 0.29) is 0 Å². The lowest BCUT2D eigenvalue weighted by atomic mass is 9.81. The van der Waals surface area contributed by atoms with Crippen molar-refractivity contribution in [3.05, 3.63) is 0 Å². The summed E-state index contributed by atoms with van der Waals surface area (Å²) in [4.78, 5) is 14.5. The fourth-order valence-corrected chi connectivity index (χ4v) is 3.93. The third-order valence-corrected chi connectivity index (χ3v) is 5.26. The molecule has 2 nitrogen and oxygen atoms in total. The van der Waals surface area contributed by atoms with E-state index in [9.17, 15) is 4.79 Å². The lowest BCUT2D eigenvalue weighted by Crippen LogP contribution is -2.36. The van der Waals surface area contributed by atoms with Crippen molar-refractivity contribution >= 4 is 5.91 Å². The van der Waals surface area contributed by atoms with Gasteiger partial charge in [-0.15, -0.1) is 0 Å². The van der Waals surface area contributed by atoms with Crippen LogP contribution in [0.3, 0.4) is 0 Å². The van der Waals surface area contributed by atoms with E-state index in [0.29, 0.717) is 11.8 Å². The summed E-state index contributed by atoms with van der Waals surface area (Å²) in [5.41, 5.74) is 0. The molecule has 0 aliphatic heterocycles. The molecule has 0 aromatic carbocycles. The Labute approximate surface area is 118 Å². The molecule has 2 aliphatic rings.